The van der Waals surface area contributed by atoms with Crippen LogP contribution >= 0.6 is 0 Å². The number of aromatic nitrogens is 2. The van der Waals surface area contributed by atoms with E-state index in [4.69, 9.17) is 12.8 Å². The standard InChI is InChI=1S/C46H2.C14H12N2O2S/c1-3-5-7-9-11-13-15-17-19-21-23-25-27-29-31-33-35-37-39-41-43-45-46-44-42-40-38-36-34-32-30-28-26-24-22-20-18-16-14-12-10-8-6-4-2;1-19(17,18)12-5-2-10(3-6-12)11-4-7-13-14(8-11)16-9-15-13/h1-2H;2-9H,1H3,(H,15,16). The fourth-order valence-electron chi connectivity index (χ4n) is 3.33. The van der Waals surface area contributed by atoms with Crippen molar-refractivity contribution in [2.75, 3.05) is 6.26 Å². The van der Waals surface area contributed by atoms with E-state index in [0.717, 1.165) is 22.2 Å². The van der Waals surface area contributed by atoms with Crippen LogP contribution in [0, 0.1) is 273 Å². The van der Waals surface area contributed by atoms with Gasteiger partial charge in [-0.1, -0.05) is 18.2 Å². The van der Waals surface area contributed by atoms with Crippen molar-refractivity contribution in [3.8, 4) is 284 Å². The highest BCUT2D eigenvalue weighted by Crippen LogP contribution is 2.24. The number of imidazole rings is 1. The third-order valence-electron chi connectivity index (χ3n) is 5.74. The van der Waals surface area contributed by atoms with Crippen molar-refractivity contribution in [1.82, 2.24) is 9.97 Å². The number of nitrogens with zero attached hydrogens (tertiary/aromatic N) is 1. The average Bonchev–Trinajstić information content (AvgIpc) is 3.79. The maximum Gasteiger partial charge on any atom is 0.175 e. The van der Waals surface area contributed by atoms with Gasteiger partial charge in [-0.3, -0.25) is 0 Å². The Morgan fingerprint density at radius 2 is 0.615 bits per heavy atom. The van der Waals surface area contributed by atoms with Crippen molar-refractivity contribution < 1.29 is 8.42 Å². The fourth-order valence-corrected chi connectivity index (χ4v) is 3.96. The minimum atomic E-state index is -3.14. The predicted octanol–water partition coefficient (Wildman–Crippen LogP) is 2.96. The second-order valence-electron chi connectivity index (χ2n) is 9.97. The highest BCUT2D eigenvalue weighted by Gasteiger charge is 2.07. The van der Waals surface area contributed by atoms with E-state index in [2.05, 4.69) is 270 Å². The maximum atomic E-state index is 11.4. The third-order valence-corrected chi connectivity index (χ3v) is 6.87. The average molecular weight is 827 g/mol. The van der Waals surface area contributed by atoms with E-state index in [1.54, 1.807) is 18.5 Å². The number of benzene rings is 2. The first-order valence-corrected chi connectivity index (χ1v) is 19.0. The van der Waals surface area contributed by atoms with Crippen LogP contribution in [-0.2, 0) is 9.84 Å². The van der Waals surface area contributed by atoms with E-state index < -0.39 is 9.84 Å². The lowest BCUT2D eigenvalue weighted by Crippen LogP contribution is -1.96. The lowest BCUT2D eigenvalue weighted by molar-refractivity contribution is 0.602. The summed E-state index contributed by atoms with van der Waals surface area (Å²) in [7, 11) is -3.14. The Morgan fingerprint density at radius 1 is 0.369 bits per heavy atom. The Bertz CT molecular complexity index is 3860. The number of aromatic amines is 1. The van der Waals surface area contributed by atoms with Crippen LogP contribution in [0.4, 0.5) is 0 Å². The van der Waals surface area contributed by atoms with Gasteiger partial charge in [-0.15, -0.1) is 12.8 Å². The first-order valence-electron chi connectivity index (χ1n) is 17.1. The number of sulfone groups is 1. The SMILES string of the molecule is C#CC#CC#CC#CC#CC#CC#CC#CC#CC#CC#CC#CC#CC#CC#CC#CC#CC#CC#CC#CC#CC#CC#C.CS(=O)(=O)c1ccc(-c2ccc3nc[nH]c3c2)cc1. The van der Waals surface area contributed by atoms with E-state index in [1.165, 1.54) is 6.26 Å². The van der Waals surface area contributed by atoms with Crippen LogP contribution in [0.1, 0.15) is 0 Å². The summed E-state index contributed by atoms with van der Waals surface area (Å²) in [5, 5.41) is 0. The molecular formula is C60H14N2O2S. The number of fused-ring (bicyclic) bond motifs is 1. The molecule has 0 aliphatic carbocycles. The third kappa shape index (κ3) is 26.3. The van der Waals surface area contributed by atoms with Crippen molar-refractivity contribution >= 4 is 20.9 Å². The van der Waals surface area contributed by atoms with Gasteiger partial charge < -0.3 is 4.98 Å². The van der Waals surface area contributed by atoms with Gasteiger partial charge in [0, 0.05) is 172 Å². The summed E-state index contributed by atoms with van der Waals surface area (Å²) in [4.78, 5) is 7.56. The van der Waals surface area contributed by atoms with Crippen LogP contribution in [0.2, 0.25) is 0 Å². The van der Waals surface area contributed by atoms with Crippen LogP contribution in [0.15, 0.2) is 53.7 Å². The number of hydrogen-bond donors (Lipinski definition) is 1. The van der Waals surface area contributed by atoms with Gasteiger partial charge in [0.15, 0.2) is 9.84 Å². The van der Waals surface area contributed by atoms with Crippen LogP contribution in [-0.4, -0.2) is 24.6 Å². The molecule has 1 N–H and O–H groups in total. The molecule has 0 saturated heterocycles. The zero-order chi connectivity index (χ0) is 46.6. The van der Waals surface area contributed by atoms with E-state index in [0.29, 0.717) is 4.90 Å². The second-order valence-corrected chi connectivity index (χ2v) is 12.0. The lowest BCUT2D eigenvalue weighted by atomic mass is 10.1. The molecular weight excluding hydrogens is 813 g/mol. The summed E-state index contributed by atoms with van der Waals surface area (Å²) in [6, 6.07) is 12.8. The largest absolute Gasteiger partial charge is 0.345 e. The Balaban J connectivity index is 0.000000621. The molecule has 0 spiro atoms. The normalized spacial score (nSPS) is 6.20. The monoisotopic (exact) mass is 826 g/mol. The van der Waals surface area contributed by atoms with Gasteiger partial charge in [0.25, 0.3) is 0 Å². The quantitative estimate of drug-likeness (QED) is 0.405. The van der Waals surface area contributed by atoms with Gasteiger partial charge in [-0.05, 0) is 130 Å². The molecule has 0 radical (unpaired) electrons. The minimum absolute atomic E-state index is 0.332. The smallest absolute Gasteiger partial charge is 0.175 e. The fraction of sp³-hybridized carbons (Fsp3) is 0.0167. The van der Waals surface area contributed by atoms with Gasteiger partial charge in [0.2, 0.25) is 0 Å². The first-order chi connectivity index (χ1) is 32.0. The van der Waals surface area contributed by atoms with Gasteiger partial charge in [-0.2, -0.15) is 0 Å². The second kappa shape index (κ2) is 33.8. The number of rotatable bonds is 2. The summed E-state index contributed by atoms with van der Waals surface area (Å²) in [6.07, 6.45) is 12.7. The highest BCUT2D eigenvalue weighted by molar-refractivity contribution is 7.90. The Kier molecular flexibility index (Phi) is 25.5. The van der Waals surface area contributed by atoms with Crippen LogP contribution in [0.3, 0.4) is 0 Å². The van der Waals surface area contributed by atoms with E-state index in [-0.39, 0.29) is 0 Å². The maximum absolute atomic E-state index is 11.4. The first kappa shape index (κ1) is 48.9. The van der Waals surface area contributed by atoms with Gasteiger partial charge in [0.05, 0.1) is 22.3 Å². The molecule has 1 heterocycles. The van der Waals surface area contributed by atoms with Gasteiger partial charge in [-0.25, -0.2) is 13.4 Å². The summed E-state index contributed by atoms with van der Waals surface area (Å²) in [6.45, 7) is 0. The molecule has 0 fully saturated rings. The number of terminal acetylenes is 2. The molecule has 0 atom stereocenters. The molecule has 0 saturated carbocycles. The minimum Gasteiger partial charge on any atom is -0.345 e. The van der Waals surface area contributed by atoms with Crippen LogP contribution in [0.25, 0.3) is 22.2 Å². The van der Waals surface area contributed by atoms with Crippen LogP contribution < -0.4 is 0 Å². The molecule has 0 aliphatic rings. The number of nitrogens with one attached hydrogen (secondary N) is 1. The molecule has 282 valence electrons. The molecule has 0 aliphatic heterocycles. The summed E-state index contributed by atoms with van der Waals surface area (Å²) in [5.74, 6) is 108. The lowest BCUT2D eigenvalue weighted by Gasteiger charge is -2.03. The van der Waals surface area contributed by atoms with Gasteiger partial charge >= 0.3 is 0 Å². The van der Waals surface area contributed by atoms with Crippen molar-refractivity contribution in [1.29, 1.82) is 0 Å². The molecule has 2 aromatic carbocycles. The summed E-state index contributed by atoms with van der Waals surface area (Å²) in [5.41, 5.74) is 3.88. The Morgan fingerprint density at radius 3 is 0.862 bits per heavy atom. The Labute approximate surface area is 381 Å². The van der Waals surface area contributed by atoms with Crippen molar-refractivity contribution in [2.24, 2.45) is 0 Å². The van der Waals surface area contributed by atoms with Crippen molar-refractivity contribution in [3.05, 3.63) is 48.8 Å². The predicted molar refractivity (Wildman–Crippen MR) is 256 cm³/mol. The Hall–Kier alpha value is -12.3. The molecule has 3 aromatic rings. The van der Waals surface area contributed by atoms with Crippen LogP contribution in [0.5, 0.6) is 0 Å². The zero-order valence-electron chi connectivity index (χ0n) is 33.4. The highest BCUT2D eigenvalue weighted by atomic mass is 32.2. The van der Waals surface area contributed by atoms with Gasteiger partial charge in [0.1, 0.15) is 0 Å². The molecule has 0 bridgehead atoms. The number of hydrogen-bond acceptors (Lipinski definition) is 3. The van der Waals surface area contributed by atoms with E-state index in [9.17, 15) is 8.42 Å². The van der Waals surface area contributed by atoms with E-state index in [1.807, 2.05) is 30.3 Å². The molecule has 1 aromatic heterocycles. The molecule has 5 heteroatoms. The topological polar surface area (TPSA) is 62.8 Å². The summed E-state index contributed by atoms with van der Waals surface area (Å²) < 4.78 is 22.8. The molecule has 3 rings (SSSR count). The molecule has 0 amide bonds. The number of H-pyrrole nitrogens is 1. The molecule has 0 unspecified atom stereocenters. The molecule has 4 nitrogen and oxygen atoms in total. The molecule has 65 heavy (non-hydrogen) atoms. The summed E-state index contributed by atoms with van der Waals surface area (Å²) >= 11 is 0. The van der Waals surface area contributed by atoms with Crippen molar-refractivity contribution in [3.63, 3.8) is 0 Å². The van der Waals surface area contributed by atoms with Crippen molar-refractivity contribution in [2.45, 2.75) is 4.90 Å². The zero-order valence-corrected chi connectivity index (χ0v) is 34.3. The van der Waals surface area contributed by atoms with E-state index >= 15 is 0 Å².